The molecule has 3 aromatic carbocycles. The summed E-state index contributed by atoms with van der Waals surface area (Å²) in [4.78, 5) is 24.4. The third-order valence-electron chi connectivity index (χ3n) is 6.18. The number of phenols is 4. The molecule has 0 aromatic heterocycles. The molecule has 2 atom stereocenters. The molecule has 3 aromatic rings. The highest BCUT2D eigenvalue weighted by molar-refractivity contribution is 5.91. The highest BCUT2D eigenvalue weighted by atomic mass is 16.5. The maximum atomic E-state index is 12.8. The van der Waals surface area contributed by atoms with Gasteiger partial charge in [-0.15, -0.1) is 0 Å². The van der Waals surface area contributed by atoms with Crippen LogP contribution in [0.15, 0.2) is 48.5 Å². The summed E-state index contributed by atoms with van der Waals surface area (Å²) in [7, 11) is 4.13. The van der Waals surface area contributed by atoms with Crippen LogP contribution in [0.4, 0.5) is 0 Å². The van der Waals surface area contributed by atoms with Gasteiger partial charge >= 0.3 is 11.9 Å². The number of rotatable bonds is 8. The summed E-state index contributed by atoms with van der Waals surface area (Å²) in [6.45, 7) is -0.213. The molecule has 0 saturated heterocycles. The van der Waals surface area contributed by atoms with Gasteiger partial charge in [-0.1, -0.05) is 6.07 Å². The third-order valence-corrected chi connectivity index (χ3v) is 6.18. The molecule has 11 nitrogen and oxygen atoms in total. The molecule has 11 heteroatoms. The van der Waals surface area contributed by atoms with Crippen molar-refractivity contribution in [2.24, 2.45) is 0 Å². The van der Waals surface area contributed by atoms with E-state index in [4.69, 9.17) is 18.9 Å². The fourth-order valence-corrected chi connectivity index (χ4v) is 4.22. The molecule has 39 heavy (non-hydrogen) atoms. The molecule has 204 valence electrons. The average Bonchev–Trinajstić information content (AvgIpc) is 3.31. The Bertz CT molecular complexity index is 1420. The second-order valence-electron chi connectivity index (χ2n) is 8.54. The summed E-state index contributed by atoms with van der Waals surface area (Å²) in [5.41, 5.74) is 1.63. The van der Waals surface area contributed by atoms with Crippen LogP contribution in [0.1, 0.15) is 39.1 Å². The Balaban J connectivity index is 1.73. The van der Waals surface area contributed by atoms with E-state index in [9.17, 15) is 30.0 Å². The van der Waals surface area contributed by atoms with Crippen LogP contribution in [0.5, 0.6) is 40.2 Å². The summed E-state index contributed by atoms with van der Waals surface area (Å²) in [5, 5.41) is 39.2. The summed E-state index contributed by atoms with van der Waals surface area (Å²) in [6, 6.07) is 10.1. The van der Waals surface area contributed by atoms with Crippen molar-refractivity contribution in [3.63, 3.8) is 0 Å². The standard InChI is InChI=1S/C28H26O11/c1-35-22-12-15(5-6-19(22)29)26-18(13-38-28(34)16-10-20(30)25(33)21(31)11-16)17-8-14(4-7-24(32)37-3)9-23(36-2)27(17)39-26/h4-12,18,26,29-31,33H,13H2,1-3H3/b7-4+. The van der Waals surface area contributed by atoms with Crippen LogP contribution in [0.3, 0.4) is 0 Å². The molecule has 1 heterocycles. The van der Waals surface area contributed by atoms with Crippen molar-refractivity contribution in [2.75, 3.05) is 27.9 Å². The molecule has 1 aliphatic heterocycles. The lowest BCUT2D eigenvalue weighted by Crippen LogP contribution is -2.18. The minimum absolute atomic E-state index is 0.0699. The Morgan fingerprint density at radius 2 is 1.59 bits per heavy atom. The van der Waals surface area contributed by atoms with Gasteiger partial charge < -0.3 is 44.1 Å². The Kier molecular flexibility index (Phi) is 7.70. The quantitative estimate of drug-likeness (QED) is 0.188. The third kappa shape index (κ3) is 5.47. The molecule has 2 unspecified atom stereocenters. The van der Waals surface area contributed by atoms with Gasteiger partial charge in [0, 0.05) is 11.6 Å². The van der Waals surface area contributed by atoms with E-state index in [0.717, 1.165) is 12.1 Å². The van der Waals surface area contributed by atoms with E-state index in [1.165, 1.54) is 39.5 Å². The number of methoxy groups -OCH3 is 3. The van der Waals surface area contributed by atoms with E-state index < -0.39 is 41.2 Å². The molecular weight excluding hydrogens is 512 g/mol. The number of hydrogen-bond acceptors (Lipinski definition) is 11. The topological polar surface area (TPSA) is 161 Å². The lowest BCUT2D eigenvalue weighted by molar-refractivity contribution is -0.134. The van der Waals surface area contributed by atoms with E-state index in [-0.39, 0.29) is 23.7 Å². The highest BCUT2D eigenvalue weighted by Gasteiger charge is 2.39. The Morgan fingerprint density at radius 1 is 0.897 bits per heavy atom. The minimum Gasteiger partial charge on any atom is -0.504 e. The van der Waals surface area contributed by atoms with Crippen molar-refractivity contribution in [1.82, 2.24) is 0 Å². The summed E-state index contributed by atoms with van der Waals surface area (Å²) < 4.78 is 27.3. The predicted molar refractivity (Wildman–Crippen MR) is 137 cm³/mol. The van der Waals surface area contributed by atoms with E-state index >= 15 is 0 Å². The van der Waals surface area contributed by atoms with Crippen molar-refractivity contribution in [1.29, 1.82) is 0 Å². The number of phenolic OH excluding ortho intramolecular Hbond substituents is 4. The zero-order valence-electron chi connectivity index (χ0n) is 21.2. The minimum atomic E-state index is -0.871. The van der Waals surface area contributed by atoms with Gasteiger partial charge in [-0.3, -0.25) is 0 Å². The van der Waals surface area contributed by atoms with Gasteiger partial charge in [0.15, 0.2) is 40.2 Å². The van der Waals surface area contributed by atoms with Gasteiger partial charge in [0.05, 0.1) is 32.8 Å². The van der Waals surface area contributed by atoms with Gasteiger partial charge in [0.2, 0.25) is 0 Å². The maximum absolute atomic E-state index is 12.8. The number of benzene rings is 3. The van der Waals surface area contributed by atoms with Gasteiger partial charge in [0.1, 0.15) is 12.7 Å². The van der Waals surface area contributed by atoms with Crippen molar-refractivity contribution in [2.45, 2.75) is 12.0 Å². The van der Waals surface area contributed by atoms with Gasteiger partial charge in [-0.2, -0.15) is 0 Å². The van der Waals surface area contributed by atoms with Crippen LogP contribution in [-0.4, -0.2) is 60.3 Å². The van der Waals surface area contributed by atoms with E-state index in [1.54, 1.807) is 24.3 Å². The first-order valence-corrected chi connectivity index (χ1v) is 11.6. The normalized spacial score (nSPS) is 15.9. The van der Waals surface area contributed by atoms with Crippen molar-refractivity contribution < 1.29 is 53.7 Å². The molecule has 1 aliphatic rings. The van der Waals surface area contributed by atoms with E-state index in [0.29, 0.717) is 28.2 Å². The fourth-order valence-electron chi connectivity index (χ4n) is 4.22. The van der Waals surface area contributed by atoms with Crippen molar-refractivity contribution in [3.8, 4) is 40.2 Å². The van der Waals surface area contributed by atoms with Crippen LogP contribution < -0.4 is 14.2 Å². The molecule has 0 bridgehead atoms. The van der Waals surface area contributed by atoms with Crippen LogP contribution in [0.2, 0.25) is 0 Å². The first kappa shape index (κ1) is 27.0. The Labute approximate surface area is 223 Å². The zero-order valence-corrected chi connectivity index (χ0v) is 21.2. The van der Waals surface area contributed by atoms with E-state index in [2.05, 4.69) is 4.74 Å². The first-order chi connectivity index (χ1) is 18.7. The van der Waals surface area contributed by atoms with Gasteiger partial charge in [0.25, 0.3) is 0 Å². The molecule has 0 fully saturated rings. The number of ether oxygens (including phenoxy) is 5. The van der Waals surface area contributed by atoms with Crippen molar-refractivity contribution in [3.05, 3.63) is 70.8 Å². The number of carbonyl (C=O) groups excluding carboxylic acids is 2. The molecule has 0 spiro atoms. The highest BCUT2D eigenvalue weighted by Crippen LogP contribution is 2.52. The predicted octanol–water partition coefficient (Wildman–Crippen LogP) is 3.79. The largest absolute Gasteiger partial charge is 0.504 e. The second kappa shape index (κ2) is 11.1. The van der Waals surface area contributed by atoms with Crippen molar-refractivity contribution >= 4 is 18.0 Å². The van der Waals surface area contributed by atoms with Gasteiger partial charge in [-0.05, 0) is 53.6 Å². The molecule has 0 radical (unpaired) electrons. The molecule has 4 N–H and O–H groups in total. The lowest BCUT2D eigenvalue weighted by Gasteiger charge is -2.20. The van der Waals surface area contributed by atoms with Crippen LogP contribution >= 0.6 is 0 Å². The summed E-state index contributed by atoms with van der Waals surface area (Å²) >= 11 is 0. The monoisotopic (exact) mass is 538 g/mol. The molecule has 0 aliphatic carbocycles. The second-order valence-corrected chi connectivity index (χ2v) is 8.54. The number of hydrogen-bond donors (Lipinski definition) is 4. The molecule has 4 rings (SSSR count). The van der Waals surface area contributed by atoms with Crippen LogP contribution in [0, 0.1) is 0 Å². The number of fused-ring (bicyclic) bond motifs is 1. The average molecular weight is 539 g/mol. The SMILES string of the molecule is COC(=O)/C=C/c1cc(OC)c2c(c1)C(COC(=O)c1cc(O)c(O)c(O)c1)C(c1ccc(O)c(OC)c1)O2. The number of aromatic hydroxyl groups is 4. The summed E-state index contributed by atoms with van der Waals surface area (Å²) in [5.74, 6) is -3.24. The smallest absolute Gasteiger partial charge is 0.338 e. The van der Waals surface area contributed by atoms with E-state index in [1.807, 2.05) is 0 Å². The Morgan fingerprint density at radius 3 is 2.23 bits per heavy atom. The lowest BCUT2D eigenvalue weighted by atomic mass is 9.90. The number of esters is 2. The summed E-state index contributed by atoms with van der Waals surface area (Å²) in [6.07, 6.45) is 2.08. The van der Waals surface area contributed by atoms with Crippen LogP contribution in [-0.2, 0) is 14.3 Å². The Hall–Kier alpha value is -5.06. The number of carbonyl (C=O) groups is 2. The zero-order chi connectivity index (χ0) is 28.3. The van der Waals surface area contributed by atoms with Gasteiger partial charge in [-0.25, -0.2) is 9.59 Å². The van der Waals surface area contributed by atoms with Crippen LogP contribution in [0.25, 0.3) is 6.08 Å². The first-order valence-electron chi connectivity index (χ1n) is 11.6. The molecule has 0 saturated carbocycles. The maximum Gasteiger partial charge on any atom is 0.338 e. The molecule has 0 amide bonds. The molecular formula is C28H26O11. The fraction of sp³-hybridized carbons (Fsp3) is 0.214.